The van der Waals surface area contributed by atoms with E-state index in [9.17, 15) is 18.0 Å². The van der Waals surface area contributed by atoms with Gasteiger partial charge in [0.15, 0.2) is 5.78 Å². The fourth-order valence-corrected chi connectivity index (χ4v) is 4.86. The van der Waals surface area contributed by atoms with Gasteiger partial charge >= 0.3 is 0 Å². The Morgan fingerprint density at radius 3 is 1.77 bits per heavy atom. The molecule has 3 rings (SSSR count). The topological polar surface area (TPSA) is 74.8 Å². The minimum Gasteiger partial charge on any atom is -0.336 e. The molecule has 0 radical (unpaired) electrons. The average Bonchev–Trinajstić information content (AvgIpc) is 2.73. The number of carbonyl (C=O) groups excluding carboxylic acids is 2. The van der Waals surface area contributed by atoms with Crippen molar-refractivity contribution in [3.63, 3.8) is 0 Å². The molecule has 160 valence electrons. The van der Waals surface area contributed by atoms with Gasteiger partial charge in [0.25, 0.3) is 5.91 Å². The van der Waals surface area contributed by atoms with Crippen molar-refractivity contribution in [2.75, 3.05) is 26.2 Å². The first-order valence-corrected chi connectivity index (χ1v) is 11.4. The van der Waals surface area contributed by atoms with Gasteiger partial charge in [0.2, 0.25) is 10.0 Å². The second-order valence-electron chi connectivity index (χ2n) is 8.60. The molecular weight excluding hydrogens is 400 g/mol. The number of hydrogen-bond acceptors (Lipinski definition) is 4. The predicted octanol–water partition coefficient (Wildman–Crippen LogP) is 3.33. The van der Waals surface area contributed by atoms with Crippen molar-refractivity contribution in [3.8, 4) is 0 Å². The second kappa shape index (κ2) is 8.32. The van der Waals surface area contributed by atoms with E-state index >= 15 is 0 Å². The van der Waals surface area contributed by atoms with Gasteiger partial charge in [-0.25, -0.2) is 8.42 Å². The lowest BCUT2D eigenvalue weighted by atomic mass is 9.86. The molecule has 2 aromatic rings. The number of benzene rings is 2. The van der Waals surface area contributed by atoms with E-state index in [1.165, 1.54) is 35.5 Å². The summed E-state index contributed by atoms with van der Waals surface area (Å²) < 4.78 is 27.2. The number of hydrogen-bond donors (Lipinski definition) is 0. The molecule has 1 aliphatic heterocycles. The Morgan fingerprint density at radius 1 is 0.800 bits per heavy atom. The van der Waals surface area contributed by atoms with Crippen molar-refractivity contribution in [1.29, 1.82) is 0 Å². The van der Waals surface area contributed by atoms with Crippen molar-refractivity contribution < 1.29 is 18.0 Å². The molecule has 0 saturated carbocycles. The Bertz CT molecular complexity index is 1030. The van der Waals surface area contributed by atoms with Crippen molar-refractivity contribution >= 4 is 21.7 Å². The molecule has 1 heterocycles. The normalized spacial score (nSPS) is 15.8. The standard InChI is InChI=1S/C23H28N2O4S/c1-17(26)18-7-11-21(12-8-18)30(28,29)25-15-13-24(14-16-25)22(27)19-5-9-20(10-6-19)23(2,3)4/h5-12H,13-16H2,1-4H3. The minimum atomic E-state index is -3.66. The summed E-state index contributed by atoms with van der Waals surface area (Å²) in [6, 6.07) is 13.6. The molecule has 7 heteroatoms. The van der Waals surface area contributed by atoms with Gasteiger partial charge in [-0.3, -0.25) is 9.59 Å². The fourth-order valence-electron chi connectivity index (χ4n) is 3.44. The van der Waals surface area contributed by atoms with Crippen LogP contribution in [0.25, 0.3) is 0 Å². The Hall–Kier alpha value is -2.51. The van der Waals surface area contributed by atoms with Crippen LogP contribution in [-0.4, -0.2) is 55.5 Å². The molecule has 30 heavy (non-hydrogen) atoms. The average molecular weight is 429 g/mol. The van der Waals surface area contributed by atoms with Crippen LogP contribution in [0.3, 0.4) is 0 Å². The quantitative estimate of drug-likeness (QED) is 0.700. The summed E-state index contributed by atoms with van der Waals surface area (Å²) in [6.07, 6.45) is 0. The lowest BCUT2D eigenvalue weighted by molar-refractivity contribution is 0.0697. The van der Waals surface area contributed by atoms with Crippen molar-refractivity contribution in [3.05, 3.63) is 65.2 Å². The Kier molecular flexibility index (Phi) is 6.15. The van der Waals surface area contributed by atoms with Crippen LogP contribution in [-0.2, 0) is 15.4 Å². The Balaban J connectivity index is 1.66. The maximum Gasteiger partial charge on any atom is 0.253 e. The lowest BCUT2D eigenvalue weighted by Crippen LogP contribution is -2.50. The van der Waals surface area contributed by atoms with Crippen molar-refractivity contribution in [2.45, 2.75) is 38.0 Å². The summed E-state index contributed by atoms with van der Waals surface area (Å²) in [7, 11) is -3.66. The number of nitrogens with zero attached hydrogens (tertiary/aromatic N) is 2. The molecule has 0 spiro atoms. The van der Waals surface area contributed by atoms with Crippen LogP contribution < -0.4 is 0 Å². The molecule has 2 aromatic carbocycles. The third-order valence-electron chi connectivity index (χ3n) is 5.42. The second-order valence-corrected chi connectivity index (χ2v) is 10.5. The summed E-state index contributed by atoms with van der Waals surface area (Å²) in [5, 5.41) is 0. The zero-order valence-corrected chi connectivity index (χ0v) is 18.7. The van der Waals surface area contributed by atoms with Crippen LogP contribution >= 0.6 is 0 Å². The first-order valence-electron chi connectivity index (χ1n) is 10.0. The molecule has 1 aliphatic rings. The predicted molar refractivity (Wildman–Crippen MR) is 116 cm³/mol. The van der Waals surface area contributed by atoms with Crippen LogP contribution in [0.1, 0.15) is 54.0 Å². The van der Waals surface area contributed by atoms with E-state index < -0.39 is 10.0 Å². The molecule has 0 atom stereocenters. The molecule has 0 N–H and O–H groups in total. The highest BCUT2D eigenvalue weighted by Crippen LogP contribution is 2.23. The number of sulfonamides is 1. The molecule has 0 bridgehead atoms. The molecule has 0 aliphatic carbocycles. The van der Waals surface area contributed by atoms with Gasteiger partial charge < -0.3 is 4.90 Å². The van der Waals surface area contributed by atoms with E-state index in [-0.39, 0.29) is 35.1 Å². The highest BCUT2D eigenvalue weighted by atomic mass is 32.2. The number of Topliss-reactive ketones (excluding diaryl/α,β-unsaturated/α-hetero) is 1. The zero-order chi connectivity index (χ0) is 22.1. The van der Waals surface area contributed by atoms with Crippen molar-refractivity contribution in [2.24, 2.45) is 0 Å². The molecule has 6 nitrogen and oxygen atoms in total. The molecular formula is C23H28N2O4S. The number of rotatable bonds is 4. The number of amides is 1. The number of piperazine rings is 1. The third-order valence-corrected chi connectivity index (χ3v) is 7.34. The van der Waals surface area contributed by atoms with E-state index in [4.69, 9.17) is 0 Å². The van der Waals surface area contributed by atoms with E-state index in [0.717, 1.165) is 5.56 Å². The lowest BCUT2D eigenvalue weighted by Gasteiger charge is -2.34. The van der Waals surface area contributed by atoms with Crippen LogP contribution in [0, 0.1) is 0 Å². The van der Waals surface area contributed by atoms with E-state index in [0.29, 0.717) is 24.2 Å². The van der Waals surface area contributed by atoms with E-state index in [2.05, 4.69) is 20.8 Å². The Labute approximate surface area is 178 Å². The first-order chi connectivity index (χ1) is 14.0. The summed E-state index contributed by atoms with van der Waals surface area (Å²) in [6.45, 7) is 8.96. The fraction of sp³-hybridized carbons (Fsp3) is 0.391. The summed E-state index contributed by atoms with van der Waals surface area (Å²) >= 11 is 0. The van der Waals surface area contributed by atoms with E-state index in [1.807, 2.05) is 24.3 Å². The minimum absolute atomic E-state index is 0.0180. The van der Waals surface area contributed by atoms with E-state index in [1.54, 1.807) is 4.90 Å². The zero-order valence-electron chi connectivity index (χ0n) is 17.9. The van der Waals surface area contributed by atoms with Crippen LogP contribution in [0.15, 0.2) is 53.4 Å². The smallest absolute Gasteiger partial charge is 0.253 e. The summed E-state index contributed by atoms with van der Waals surface area (Å²) in [4.78, 5) is 26.1. The SMILES string of the molecule is CC(=O)c1ccc(S(=O)(=O)N2CCN(C(=O)c3ccc(C(C)(C)C)cc3)CC2)cc1. The summed E-state index contributed by atoms with van der Waals surface area (Å²) in [5.41, 5.74) is 2.26. The van der Waals surface area contributed by atoms with Gasteiger partial charge in [0.1, 0.15) is 0 Å². The van der Waals surface area contributed by atoms with Crippen LogP contribution in [0.4, 0.5) is 0 Å². The Morgan fingerprint density at radius 2 is 1.30 bits per heavy atom. The molecule has 0 aromatic heterocycles. The highest BCUT2D eigenvalue weighted by Gasteiger charge is 2.30. The van der Waals surface area contributed by atoms with Gasteiger partial charge in [-0.15, -0.1) is 0 Å². The monoisotopic (exact) mass is 428 g/mol. The van der Waals surface area contributed by atoms with Gasteiger partial charge in [0.05, 0.1) is 4.90 Å². The molecule has 1 fully saturated rings. The summed E-state index contributed by atoms with van der Waals surface area (Å²) in [5.74, 6) is -0.195. The number of ketones is 1. The van der Waals surface area contributed by atoms with Crippen molar-refractivity contribution in [1.82, 2.24) is 9.21 Å². The van der Waals surface area contributed by atoms with Gasteiger partial charge in [-0.1, -0.05) is 45.0 Å². The molecule has 0 unspecified atom stereocenters. The third kappa shape index (κ3) is 4.63. The van der Waals surface area contributed by atoms with Crippen LogP contribution in [0.5, 0.6) is 0 Å². The largest absolute Gasteiger partial charge is 0.336 e. The van der Waals surface area contributed by atoms with Gasteiger partial charge in [-0.05, 0) is 42.2 Å². The molecule has 1 saturated heterocycles. The maximum absolute atomic E-state index is 12.9. The molecule has 1 amide bonds. The van der Waals surface area contributed by atoms with Gasteiger partial charge in [-0.2, -0.15) is 4.31 Å². The maximum atomic E-state index is 12.9. The van der Waals surface area contributed by atoms with Gasteiger partial charge in [0, 0.05) is 37.3 Å². The first kappa shape index (κ1) is 22.2. The highest BCUT2D eigenvalue weighted by molar-refractivity contribution is 7.89. The number of carbonyl (C=O) groups is 2. The van der Waals surface area contributed by atoms with Crippen LogP contribution in [0.2, 0.25) is 0 Å².